The molecule has 178 valence electrons. The van der Waals surface area contributed by atoms with E-state index in [9.17, 15) is 22.8 Å². The van der Waals surface area contributed by atoms with Crippen LogP contribution in [0.5, 0.6) is 5.75 Å². The molecule has 0 bridgehead atoms. The summed E-state index contributed by atoms with van der Waals surface area (Å²) in [5.41, 5.74) is 0.339. The fourth-order valence-corrected chi connectivity index (χ4v) is 3.00. The minimum absolute atomic E-state index is 0.0360. The molecular formula is C26H25F3N2O3. The number of ether oxygens (including phenoxy) is 1. The molecule has 3 rings (SSSR count). The lowest BCUT2D eigenvalue weighted by atomic mass is 10.1. The second-order valence-corrected chi connectivity index (χ2v) is 8.12. The van der Waals surface area contributed by atoms with Crippen LogP contribution in [0.15, 0.2) is 72.8 Å². The van der Waals surface area contributed by atoms with Gasteiger partial charge in [-0.15, -0.1) is 0 Å². The van der Waals surface area contributed by atoms with Gasteiger partial charge in [-0.25, -0.2) is 0 Å². The van der Waals surface area contributed by atoms with Gasteiger partial charge >= 0.3 is 6.18 Å². The van der Waals surface area contributed by atoms with E-state index in [0.717, 1.165) is 18.6 Å². The number of carbonyl (C=O) groups is 2. The van der Waals surface area contributed by atoms with Crippen molar-refractivity contribution < 1.29 is 27.5 Å². The third-order valence-corrected chi connectivity index (χ3v) is 4.93. The van der Waals surface area contributed by atoms with E-state index in [-0.39, 0.29) is 17.2 Å². The van der Waals surface area contributed by atoms with E-state index in [1.54, 1.807) is 36.4 Å². The molecule has 0 aliphatic carbocycles. The molecular weight excluding hydrogens is 445 g/mol. The average molecular weight is 470 g/mol. The van der Waals surface area contributed by atoms with Crippen molar-refractivity contribution in [3.63, 3.8) is 0 Å². The molecule has 3 aromatic carbocycles. The van der Waals surface area contributed by atoms with Crippen molar-refractivity contribution in [3.05, 3.63) is 89.5 Å². The van der Waals surface area contributed by atoms with Gasteiger partial charge in [-0.3, -0.25) is 9.59 Å². The number of alkyl halides is 3. The highest BCUT2D eigenvalue weighted by molar-refractivity contribution is 6.06. The molecule has 3 aromatic rings. The molecule has 0 saturated heterocycles. The zero-order valence-corrected chi connectivity index (χ0v) is 18.8. The number of halogens is 3. The average Bonchev–Trinajstić information content (AvgIpc) is 2.79. The number of hydrogen-bond acceptors (Lipinski definition) is 3. The standard InChI is InChI=1S/C26H25F3N2O3/c1-17(2)14-15-34-23-12-8-19(9-13-23)24(32)30-21-10-6-18(7-11-21)25(33)31-22-5-3-4-20(16-22)26(27,28)29/h3-13,16-17H,14-15H2,1-2H3,(H,30,32)(H,31,33). The van der Waals surface area contributed by atoms with Gasteiger partial charge in [0.05, 0.1) is 12.2 Å². The fourth-order valence-electron chi connectivity index (χ4n) is 3.00. The monoisotopic (exact) mass is 470 g/mol. The molecule has 8 heteroatoms. The Morgan fingerprint density at radius 2 is 1.38 bits per heavy atom. The lowest BCUT2D eigenvalue weighted by Crippen LogP contribution is -2.14. The predicted molar refractivity (Wildman–Crippen MR) is 125 cm³/mol. The van der Waals surface area contributed by atoms with Crippen LogP contribution in [0.25, 0.3) is 0 Å². The summed E-state index contributed by atoms with van der Waals surface area (Å²) in [5.74, 6) is 0.344. The van der Waals surface area contributed by atoms with Crippen LogP contribution in [0.4, 0.5) is 24.5 Å². The van der Waals surface area contributed by atoms with Crippen molar-refractivity contribution in [3.8, 4) is 5.75 Å². The molecule has 2 N–H and O–H groups in total. The molecule has 0 aromatic heterocycles. The molecule has 5 nitrogen and oxygen atoms in total. The lowest BCUT2D eigenvalue weighted by Gasteiger charge is -2.11. The first-order chi connectivity index (χ1) is 16.1. The zero-order chi connectivity index (χ0) is 24.7. The predicted octanol–water partition coefficient (Wildman–Crippen LogP) is 6.63. The summed E-state index contributed by atoms with van der Waals surface area (Å²) in [6, 6.07) is 17.2. The van der Waals surface area contributed by atoms with E-state index in [0.29, 0.717) is 29.5 Å². The Morgan fingerprint density at radius 3 is 1.94 bits per heavy atom. The Labute approximate surface area is 195 Å². The number of benzene rings is 3. The Hall–Kier alpha value is -3.81. The molecule has 0 atom stereocenters. The van der Waals surface area contributed by atoms with E-state index in [1.807, 2.05) is 0 Å². The van der Waals surface area contributed by atoms with E-state index in [2.05, 4.69) is 24.5 Å². The van der Waals surface area contributed by atoms with Crippen LogP contribution >= 0.6 is 0 Å². The number of rotatable bonds is 8. The molecule has 0 saturated carbocycles. The zero-order valence-electron chi connectivity index (χ0n) is 18.8. The summed E-state index contributed by atoms with van der Waals surface area (Å²) in [6.45, 7) is 4.84. The van der Waals surface area contributed by atoms with Gasteiger partial charge in [0.2, 0.25) is 0 Å². The number of anilines is 2. The van der Waals surface area contributed by atoms with Crippen LogP contribution < -0.4 is 15.4 Å². The van der Waals surface area contributed by atoms with Crippen molar-refractivity contribution in [2.45, 2.75) is 26.4 Å². The maximum Gasteiger partial charge on any atom is 0.416 e. The van der Waals surface area contributed by atoms with E-state index in [1.165, 1.54) is 24.3 Å². The summed E-state index contributed by atoms with van der Waals surface area (Å²) < 4.78 is 44.2. The summed E-state index contributed by atoms with van der Waals surface area (Å²) in [4.78, 5) is 24.9. The van der Waals surface area contributed by atoms with E-state index >= 15 is 0 Å². The minimum atomic E-state index is -4.50. The van der Waals surface area contributed by atoms with Gasteiger partial charge < -0.3 is 15.4 Å². The second kappa shape index (κ2) is 10.9. The quantitative estimate of drug-likeness (QED) is 0.388. The first kappa shape index (κ1) is 24.8. The van der Waals surface area contributed by atoms with E-state index < -0.39 is 17.6 Å². The highest BCUT2D eigenvalue weighted by atomic mass is 19.4. The summed E-state index contributed by atoms with van der Waals surface area (Å²) in [5, 5.41) is 5.18. The van der Waals surface area contributed by atoms with Gasteiger partial charge in [0.1, 0.15) is 5.75 Å². The third-order valence-electron chi connectivity index (χ3n) is 4.93. The molecule has 0 unspecified atom stereocenters. The smallest absolute Gasteiger partial charge is 0.416 e. The molecule has 0 aliphatic rings. The Morgan fingerprint density at radius 1 is 0.824 bits per heavy atom. The highest BCUT2D eigenvalue weighted by Gasteiger charge is 2.30. The van der Waals surface area contributed by atoms with Crippen molar-refractivity contribution in [2.75, 3.05) is 17.2 Å². The number of hydrogen-bond donors (Lipinski definition) is 2. The number of nitrogens with one attached hydrogen (secondary N) is 2. The van der Waals surface area contributed by atoms with Crippen molar-refractivity contribution >= 4 is 23.2 Å². The van der Waals surface area contributed by atoms with Gasteiger partial charge in [0.25, 0.3) is 11.8 Å². The molecule has 2 amide bonds. The van der Waals surface area contributed by atoms with Crippen LogP contribution in [-0.4, -0.2) is 18.4 Å². The molecule has 0 radical (unpaired) electrons. The van der Waals surface area contributed by atoms with E-state index in [4.69, 9.17) is 4.74 Å². The number of carbonyl (C=O) groups excluding carboxylic acids is 2. The van der Waals surface area contributed by atoms with Gasteiger partial charge in [-0.1, -0.05) is 19.9 Å². The maximum atomic E-state index is 12.8. The first-order valence-corrected chi connectivity index (χ1v) is 10.7. The lowest BCUT2D eigenvalue weighted by molar-refractivity contribution is -0.137. The van der Waals surface area contributed by atoms with Gasteiger partial charge in [0, 0.05) is 22.5 Å². The first-order valence-electron chi connectivity index (χ1n) is 10.7. The number of amides is 2. The summed E-state index contributed by atoms with van der Waals surface area (Å²) >= 11 is 0. The second-order valence-electron chi connectivity index (χ2n) is 8.12. The Kier molecular flexibility index (Phi) is 7.94. The van der Waals surface area contributed by atoms with Crippen molar-refractivity contribution in [1.82, 2.24) is 0 Å². The van der Waals surface area contributed by atoms with Gasteiger partial charge in [-0.2, -0.15) is 13.2 Å². The van der Waals surface area contributed by atoms with Crippen LogP contribution in [0.2, 0.25) is 0 Å². The van der Waals surface area contributed by atoms with Crippen LogP contribution in [-0.2, 0) is 6.18 Å². The normalized spacial score (nSPS) is 11.2. The fraction of sp³-hybridized carbons (Fsp3) is 0.231. The van der Waals surface area contributed by atoms with Crippen LogP contribution in [0, 0.1) is 5.92 Å². The topological polar surface area (TPSA) is 67.4 Å². The molecule has 0 fully saturated rings. The van der Waals surface area contributed by atoms with Crippen LogP contribution in [0.3, 0.4) is 0 Å². The van der Waals surface area contributed by atoms with Gasteiger partial charge in [-0.05, 0) is 79.1 Å². The van der Waals surface area contributed by atoms with Crippen molar-refractivity contribution in [1.29, 1.82) is 0 Å². The summed E-state index contributed by atoms with van der Waals surface area (Å²) in [6.07, 6.45) is -3.56. The largest absolute Gasteiger partial charge is 0.494 e. The summed E-state index contributed by atoms with van der Waals surface area (Å²) in [7, 11) is 0. The third kappa shape index (κ3) is 7.10. The van der Waals surface area contributed by atoms with Gasteiger partial charge in [0.15, 0.2) is 0 Å². The highest BCUT2D eigenvalue weighted by Crippen LogP contribution is 2.30. The van der Waals surface area contributed by atoms with Crippen molar-refractivity contribution in [2.24, 2.45) is 5.92 Å². The Balaban J connectivity index is 1.57. The molecule has 34 heavy (non-hydrogen) atoms. The molecule has 0 spiro atoms. The molecule has 0 heterocycles. The van der Waals surface area contributed by atoms with Crippen LogP contribution in [0.1, 0.15) is 46.5 Å². The SMILES string of the molecule is CC(C)CCOc1ccc(C(=O)Nc2ccc(C(=O)Nc3cccc(C(F)(F)F)c3)cc2)cc1. The molecule has 0 aliphatic heterocycles. The minimum Gasteiger partial charge on any atom is -0.494 e. The maximum absolute atomic E-state index is 12.8. The Bertz CT molecular complexity index is 1130.